The van der Waals surface area contributed by atoms with Crippen molar-refractivity contribution in [1.82, 2.24) is 0 Å². The van der Waals surface area contributed by atoms with Crippen LogP contribution in [0.3, 0.4) is 0 Å². The molecule has 0 spiro atoms. The molecule has 0 saturated heterocycles. The average Bonchev–Trinajstić information content (AvgIpc) is 2.48. The van der Waals surface area contributed by atoms with Crippen LogP contribution in [0.4, 0.5) is 0 Å². The summed E-state index contributed by atoms with van der Waals surface area (Å²) in [7, 11) is 1.59. The van der Waals surface area contributed by atoms with Gasteiger partial charge in [-0.15, -0.1) is 0 Å². The van der Waals surface area contributed by atoms with Crippen LogP contribution >= 0.6 is 0 Å². The Balaban J connectivity index is 2.34. The Morgan fingerprint density at radius 3 is 2.46 bits per heavy atom. The van der Waals surface area contributed by atoms with Gasteiger partial charge in [0.15, 0.2) is 17.3 Å². The van der Waals surface area contributed by atoms with Gasteiger partial charge in [0, 0.05) is 22.1 Å². The number of aromatic hydroxyl groups is 1. The van der Waals surface area contributed by atoms with E-state index in [-0.39, 0.29) is 28.3 Å². The SMILES string of the molecule is COc1c(C(C)C)cc2c(c1O)[C@@]1(C)CCCC(C)(C)C1=CC2=O. The first-order chi connectivity index (χ1) is 11.1. The Bertz CT molecular complexity index is 740. The second-order valence-electron chi connectivity index (χ2n) is 8.42. The molecule has 3 rings (SSSR count). The number of allylic oxidation sites excluding steroid dienone is 2. The number of hydrogen-bond acceptors (Lipinski definition) is 3. The molecular formula is C21H28O3. The molecule has 1 N–H and O–H groups in total. The number of methoxy groups -OCH3 is 1. The maximum Gasteiger partial charge on any atom is 0.186 e. The van der Waals surface area contributed by atoms with Crippen LogP contribution in [0.5, 0.6) is 11.5 Å². The minimum Gasteiger partial charge on any atom is -0.504 e. The third-order valence-corrected chi connectivity index (χ3v) is 6.00. The summed E-state index contributed by atoms with van der Waals surface area (Å²) in [6.07, 6.45) is 4.93. The van der Waals surface area contributed by atoms with E-state index in [2.05, 4.69) is 20.8 Å². The highest BCUT2D eigenvalue weighted by Crippen LogP contribution is 2.58. The number of fused-ring (bicyclic) bond motifs is 3. The van der Waals surface area contributed by atoms with Crippen molar-refractivity contribution in [2.45, 2.75) is 65.2 Å². The number of hydrogen-bond donors (Lipinski definition) is 1. The van der Waals surface area contributed by atoms with Gasteiger partial charge >= 0.3 is 0 Å². The third-order valence-electron chi connectivity index (χ3n) is 6.00. The molecule has 1 aromatic rings. The predicted octanol–water partition coefficient (Wildman–Crippen LogP) is 5.11. The standard InChI is InChI=1S/C21H28O3/c1-12(2)13-10-14-15(22)11-16-20(3,4)8-7-9-21(16,5)17(14)18(23)19(13)24-6/h10-12,23H,7-9H2,1-6H3/t21-/m0/s1. The second kappa shape index (κ2) is 5.37. The number of carbonyl (C=O) groups excluding carboxylic acids is 1. The van der Waals surface area contributed by atoms with E-state index in [0.29, 0.717) is 11.3 Å². The maximum atomic E-state index is 12.9. The zero-order valence-corrected chi connectivity index (χ0v) is 15.6. The first-order valence-electron chi connectivity index (χ1n) is 8.85. The molecule has 3 nitrogen and oxygen atoms in total. The van der Waals surface area contributed by atoms with Gasteiger partial charge in [0.25, 0.3) is 0 Å². The van der Waals surface area contributed by atoms with Crippen LogP contribution in [0.2, 0.25) is 0 Å². The molecule has 130 valence electrons. The van der Waals surface area contributed by atoms with Crippen molar-refractivity contribution in [3.8, 4) is 11.5 Å². The van der Waals surface area contributed by atoms with Gasteiger partial charge in [-0.3, -0.25) is 4.79 Å². The van der Waals surface area contributed by atoms with Crippen molar-refractivity contribution in [1.29, 1.82) is 0 Å². The van der Waals surface area contributed by atoms with E-state index in [1.807, 2.05) is 26.0 Å². The van der Waals surface area contributed by atoms with Crippen LogP contribution in [0.25, 0.3) is 0 Å². The fourth-order valence-electron chi connectivity index (χ4n) is 4.79. The van der Waals surface area contributed by atoms with Crippen LogP contribution in [-0.4, -0.2) is 18.0 Å². The highest BCUT2D eigenvalue weighted by Gasteiger charge is 2.48. The fourth-order valence-corrected chi connectivity index (χ4v) is 4.79. The van der Waals surface area contributed by atoms with Crippen LogP contribution in [-0.2, 0) is 5.41 Å². The van der Waals surface area contributed by atoms with E-state index in [9.17, 15) is 9.90 Å². The summed E-state index contributed by atoms with van der Waals surface area (Å²) in [4.78, 5) is 12.9. The summed E-state index contributed by atoms with van der Waals surface area (Å²) in [5, 5.41) is 11.1. The first-order valence-corrected chi connectivity index (χ1v) is 8.85. The van der Waals surface area contributed by atoms with Gasteiger partial charge in [0.1, 0.15) is 0 Å². The molecule has 1 atom stereocenters. The molecule has 1 fully saturated rings. The number of phenolic OH excluding ortho intramolecular Hbond substituents is 1. The first kappa shape index (κ1) is 17.1. The molecule has 0 radical (unpaired) electrons. The summed E-state index contributed by atoms with van der Waals surface area (Å²) < 4.78 is 5.53. The number of carbonyl (C=O) groups is 1. The molecule has 3 heteroatoms. The molecule has 0 bridgehead atoms. The van der Waals surface area contributed by atoms with Gasteiger partial charge in [-0.2, -0.15) is 0 Å². The molecule has 0 heterocycles. The van der Waals surface area contributed by atoms with Gasteiger partial charge in [-0.05, 0) is 36.3 Å². The number of ketones is 1. The number of benzene rings is 1. The van der Waals surface area contributed by atoms with E-state index in [0.717, 1.165) is 36.0 Å². The van der Waals surface area contributed by atoms with E-state index < -0.39 is 0 Å². The molecular weight excluding hydrogens is 300 g/mol. The lowest BCUT2D eigenvalue weighted by Gasteiger charge is -2.49. The zero-order valence-electron chi connectivity index (χ0n) is 15.6. The van der Waals surface area contributed by atoms with Crippen molar-refractivity contribution in [2.75, 3.05) is 7.11 Å². The third kappa shape index (κ3) is 2.21. The largest absolute Gasteiger partial charge is 0.504 e. The fraction of sp³-hybridized carbons (Fsp3) is 0.571. The van der Waals surface area contributed by atoms with E-state index in [1.165, 1.54) is 0 Å². The van der Waals surface area contributed by atoms with Crippen LogP contribution in [0.15, 0.2) is 17.7 Å². The molecule has 0 unspecified atom stereocenters. The van der Waals surface area contributed by atoms with Gasteiger partial charge < -0.3 is 9.84 Å². The Hall–Kier alpha value is -1.77. The summed E-state index contributed by atoms with van der Waals surface area (Å²) in [5.74, 6) is 0.845. The molecule has 1 saturated carbocycles. The Morgan fingerprint density at radius 1 is 1.21 bits per heavy atom. The van der Waals surface area contributed by atoms with Gasteiger partial charge in [-0.1, -0.05) is 46.6 Å². The van der Waals surface area contributed by atoms with Gasteiger partial charge in [0.05, 0.1) is 7.11 Å². The number of phenols is 1. The minimum atomic E-state index is -0.308. The minimum absolute atomic E-state index is 0.00676. The van der Waals surface area contributed by atoms with Crippen molar-refractivity contribution >= 4 is 5.78 Å². The van der Waals surface area contributed by atoms with Gasteiger partial charge in [0.2, 0.25) is 0 Å². The highest BCUT2D eigenvalue weighted by atomic mass is 16.5. The predicted molar refractivity (Wildman–Crippen MR) is 96.1 cm³/mol. The summed E-state index contributed by atoms with van der Waals surface area (Å²) >= 11 is 0. The van der Waals surface area contributed by atoms with Crippen molar-refractivity contribution in [2.24, 2.45) is 5.41 Å². The molecule has 0 aromatic heterocycles. The molecule has 1 aromatic carbocycles. The van der Waals surface area contributed by atoms with E-state index in [4.69, 9.17) is 4.74 Å². The molecule has 0 aliphatic heterocycles. The lowest BCUT2D eigenvalue weighted by atomic mass is 9.55. The molecule has 2 aliphatic carbocycles. The maximum absolute atomic E-state index is 12.9. The smallest absolute Gasteiger partial charge is 0.186 e. The summed E-state index contributed by atoms with van der Waals surface area (Å²) in [5.41, 5.74) is 3.10. The van der Waals surface area contributed by atoms with Crippen LogP contribution in [0.1, 0.15) is 81.3 Å². The summed E-state index contributed by atoms with van der Waals surface area (Å²) in [6, 6.07) is 1.93. The molecule has 24 heavy (non-hydrogen) atoms. The Morgan fingerprint density at radius 2 is 1.88 bits per heavy atom. The normalized spacial score (nSPS) is 25.1. The van der Waals surface area contributed by atoms with Gasteiger partial charge in [-0.25, -0.2) is 0 Å². The monoisotopic (exact) mass is 328 g/mol. The Labute approximate surface area is 144 Å². The lowest BCUT2D eigenvalue weighted by Crippen LogP contribution is -2.41. The topological polar surface area (TPSA) is 46.5 Å². The lowest BCUT2D eigenvalue weighted by molar-refractivity contribution is 0.102. The van der Waals surface area contributed by atoms with E-state index in [1.54, 1.807) is 7.11 Å². The highest BCUT2D eigenvalue weighted by molar-refractivity contribution is 6.09. The average molecular weight is 328 g/mol. The van der Waals surface area contributed by atoms with Crippen molar-refractivity contribution in [3.05, 3.63) is 34.4 Å². The Kier molecular flexibility index (Phi) is 3.82. The van der Waals surface area contributed by atoms with E-state index >= 15 is 0 Å². The molecule has 0 amide bonds. The second-order valence-corrected chi connectivity index (χ2v) is 8.42. The molecule has 2 aliphatic rings. The van der Waals surface area contributed by atoms with Crippen molar-refractivity contribution in [3.63, 3.8) is 0 Å². The summed E-state index contributed by atoms with van der Waals surface area (Å²) in [6.45, 7) is 10.7. The number of ether oxygens (including phenoxy) is 1. The van der Waals surface area contributed by atoms with Crippen LogP contribution < -0.4 is 4.74 Å². The zero-order chi connectivity index (χ0) is 17.9. The number of rotatable bonds is 2. The van der Waals surface area contributed by atoms with Crippen molar-refractivity contribution < 1.29 is 14.6 Å². The quantitative estimate of drug-likeness (QED) is 0.820. The van der Waals surface area contributed by atoms with Crippen LogP contribution in [0, 0.1) is 5.41 Å².